The van der Waals surface area contributed by atoms with Gasteiger partial charge in [-0.1, -0.05) is 43.9 Å². The van der Waals surface area contributed by atoms with Gasteiger partial charge in [0.15, 0.2) is 0 Å². The zero-order valence-corrected chi connectivity index (χ0v) is 15.7. The molecule has 1 aromatic carbocycles. The van der Waals surface area contributed by atoms with Gasteiger partial charge in [0.25, 0.3) is 0 Å². The topological polar surface area (TPSA) is 58.2 Å². The lowest BCUT2D eigenvalue weighted by molar-refractivity contribution is -0.120. The summed E-state index contributed by atoms with van der Waals surface area (Å²) in [4.78, 5) is 23.6. The minimum atomic E-state index is -0.355. The highest BCUT2D eigenvalue weighted by atomic mass is 19.1. The fourth-order valence-electron chi connectivity index (χ4n) is 2.90. The number of nitrogens with one attached hydrogen (secondary N) is 2. The first kappa shape index (κ1) is 20.9. The number of hydrogen-bond acceptors (Lipinski definition) is 2. The summed E-state index contributed by atoms with van der Waals surface area (Å²) < 4.78 is 13.1. The number of carbonyl (C=O) groups is 2. The molecule has 2 rings (SSSR count). The maximum absolute atomic E-state index is 13.1. The number of anilines is 1. The third-order valence-electron chi connectivity index (χ3n) is 4.34. The van der Waals surface area contributed by atoms with Gasteiger partial charge in [0.05, 0.1) is 0 Å². The molecule has 1 radical (unpaired) electrons. The number of rotatable bonds is 11. The number of hydrogen-bond donors (Lipinski definition) is 2. The average Bonchev–Trinajstić information content (AvgIpc) is 2.64. The molecular weight excluding hydrogens is 343 g/mol. The SMILES string of the molecule is O=C(CCCCCCCCC(=O)Nc1cccc(F)c1)NC1=CC[CH]C=C1. The highest BCUT2D eigenvalue weighted by Crippen LogP contribution is 2.12. The Morgan fingerprint density at radius 3 is 2.22 bits per heavy atom. The van der Waals surface area contributed by atoms with Crippen molar-refractivity contribution < 1.29 is 14.0 Å². The van der Waals surface area contributed by atoms with Crippen LogP contribution in [0, 0.1) is 12.2 Å². The van der Waals surface area contributed by atoms with Gasteiger partial charge < -0.3 is 10.6 Å². The van der Waals surface area contributed by atoms with Gasteiger partial charge in [-0.05, 0) is 50.0 Å². The van der Waals surface area contributed by atoms with E-state index in [1.165, 1.54) is 12.1 Å². The number of amides is 2. The second kappa shape index (κ2) is 12.0. The lowest BCUT2D eigenvalue weighted by atomic mass is 10.1. The van der Waals surface area contributed by atoms with Crippen LogP contribution in [0.2, 0.25) is 0 Å². The van der Waals surface area contributed by atoms with Crippen molar-refractivity contribution in [1.29, 1.82) is 0 Å². The molecule has 0 saturated carbocycles. The summed E-state index contributed by atoms with van der Waals surface area (Å²) >= 11 is 0. The Morgan fingerprint density at radius 1 is 0.926 bits per heavy atom. The van der Waals surface area contributed by atoms with Crippen LogP contribution in [-0.4, -0.2) is 11.8 Å². The van der Waals surface area contributed by atoms with Crippen LogP contribution in [0.5, 0.6) is 0 Å². The molecule has 0 aromatic heterocycles. The Kier molecular flexibility index (Phi) is 9.31. The maximum atomic E-state index is 13.1. The first-order valence-electron chi connectivity index (χ1n) is 9.69. The minimum Gasteiger partial charge on any atom is -0.326 e. The summed E-state index contributed by atoms with van der Waals surface area (Å²) in [7, 11) is 0. The number of halogens is 1. The van der Waals surface area contributed by atoms with E-state index in [1.807, 2.05) is 24.6 Å². The van der Waals surface area contributed by atoms with Gasteiger partial charge >= 0.3 is 0 Å². The molecule has 1 aliphatic rings. The van der Waals surface area contributed by atoms with E-state index in [1.54, 1.807) is 12.1 Å². The molecule has 0 fully saturated rings. The van der Waals surface area contributed by atoms with Crippen LogP contribution in [0.1, 0.15) is 57.8 Å². The van der Waals surface area contributed by atoms with Gasteiger partial charge in [0, 0.05) is 24.2 Å². The fourth-order valence-corrected chi connectivity index (χ4v) is 2.90. The van der Waals surface area contributed by atoms with E-state index in [2.05, 4.69) is 10.6 Å². The quantitative estimate of drug-likeness (QED) is 0.535. The molecule has 5 heteroatoms. The molecule has 0 saturated heterocycles. The lowest BCUT2D eigenvalue weighted by Gasteiger charge is -2.09. The molecular formula is C22H28FN2O2. The molecule has 2 amide bonds. The van der Waals surface area contributed by atoms with Crippen molar-refractivity contribution in [2.45, 2.75) is 57.8 Å². The van der Waals surface area contributed by atoms with Crippen molar-refractivity contribution in [2.75, 3.05) is 5.32 Å². The predicted octanol–water partition coefficient (Wildman–Crippen LogP) is 5.05. The van der Waals surface area contributed by atoms with Gasteiger partial charge in [-0.3, -0.25) is 9.59 Å². The van der Waals surface area contributed by atoms with Crippen LogP contribution in [-0.2, 0) is 9.59 Å². The van der Waals surface area contributed by atoms with Crippen LogP contribution in [0.15, 0.2) is 48.2 Å². The highest BCUT2D eigenvalue weighted by Gasteiger charge is 2.05. The predicted molar refractivity (Wildman–Crippen MR) is 106 cm³/mol. The molecule has 0 aliphatic heterocycles. The van der Waals surface area contributed by atoms with Crippen molar-refractivity contribution in [3.8, 4) is 0 Å². The standard InChI is InChI=1S/C22H28FN2O2/c23-18-11-10-14-20(17-18)25-22(27)16-9-4-2-1-3-8-15-21(26)24-19-12-6-5-7-13-19/h5-6,10-14,17H,1-4,7-9,15-16H2,(H,24,26)(H,25,27). The average molecular weight is 371 g/mol. The summed E-state index contributed by atoms with van der Waals surface area (Å²) in [6, 6.07) is 5.92. The van der Waals surface area contributed by atoms with Crippen molar-refractivity contribution >= 4 is 17.5 Å². The van der Waals surface area contributed by atoms with Crippen LogP contribution in [0.4, 0.5) is 10.1 Å². The summed E-state index contributed by atoms with van der Waals surface area (Å²) in [6.45, 7) is 0. The number of carbonyl (C=O) groups excluding carboxylic acids is 2. The molecule has 0 bridgehead atoms. The van der Waals surface area contributed by atoms with Crippen LogP contribution < -0.4 is 10.6 Å². The smallest absolute Gasteiger partial charge is 0.224 e. The van der Waals surface area contributed by atoms with Gasteiger partial charge in [-0.25, -0.2) is 4.39 Å². The second-order valence-corrected chi connectivity index (χ2v) is 6.72. The Hall–Kier alpha value is -2.43. The molecule has 4 nitrogen and oxygen atoms in total. The van der Waals surface area contributed by atoms with E-state index in [4.69, 9.17) is 0 Å². The zero-order valence-electron chi connectivity index (χ0n) is 15.7. The first-order valence-corrected chi connectivity index (χ1v) is 9.69. The molecule has 0 spiro atoms. The normalized spacial score (nSPS) is 13.1. The maximum Gasteiger partial charge on any atom is 0.224 e. The first-order chi connectivity index (χ1) is 13.1. The van der Waals surface area contributed by atoms with E-state index >= 15 is 0 Å². The molecule has 0 atom stereocenters. The molecule has 0 unspecified atom stereocenters. The van der Waals surface area contributed by atoms with Gasteiger partial charge in [-0.15, -0.1) is 0 Å². The van der Waals surface area contributed by atoms with E-state index in [0.29, 0.717) is 18.5 Å². The van der Waals surface area contributed by atoms with Gasteiger partial charge in [-0.2, -0.15) is 0 Å². The van der Waals surface area contributed by atoms with Gasteiger partial charge in [0.2, 0.25) is 11.8 Å². The molecule has 1 aliphatic carbocycles. The van der Waals surface area contributed by atoms with Gasteiger partial charge in [0.1, 0.15) is 5.82 Å². The van der Waals surface area contributed by atoms with Crippen LogP contribution in [0.3, 0.4) is 0 Å². The summed E-state index contributed by atoms with van der Waals surface area (Å²) in [5.41, 5.74) is 1.38. The lowest BCUT2D eigenvalue weighted by Crippen LogP contribution is -2.21. The second-order valence-electron chi connectivity index (χ2n) is 6.72. The van der Waals surface area contributed by atoms with E-state index in [0.717, 1.165) is 50.6 Å². The summed E-state index contributed by atoms with van der Waals surface area (Å²) in [5, 5.41) is 5.62. The highest BCUT2D eigenvalue weighted by molar-refractivity contribution is 5.90. The van der Waals surface area contributed by atoms with Crippen molar-refractivity contribution in [1.82, 2.24) is 5.32 Å². The number of benzene rings is 1. The third kappa shape index (κ3) is 9.18. The monoisotopic (exact) mass is 371 g/mol. The molecule has 2 N–H and O–H groups in total. The molecule has 1 aromatic rings. The number of allylic oxidation sites excluding steroid dienone is 3. The Labute approximate surface area is 160 Å². The van der Waals surface area contributed by atoms with Crippen LogP contribution >= 0.6 is 0 Å². The van der Waals surface area contributed by atoms with Crippen molar-refractivity contribution in [3.05, 3.63) is 60.4 Å². The Morgan fingerprint density at radius 2 is 1.59 bits per heavy atom. The summed E-state index contributed by atoms with van der Waals surface area (Å²) in [5.74, 6) is -0.366. The van der Waals surface area contributed by atoms with E-state index < -0.39 is 0 Å². The van der Waals surface area contributed by atoms with Crippen molar-refractivity contribution in [3.63, 3.8) is 0 Å². The third-order valence-corrected chi connectivity index (χ3v) is 4.34. The summed E-state index contributed by atoms with van der Waals surface area (Å²) in [6.07, 6.45) is 15.6. The van der Waals surface area contributed by atoms with E-state index in [9.17, 15) is 14.0 Å². The number of unbranched alkanes of at least 4 members (excludes halogenated alkanes) is 5. The molecule has 145 valence electrons. The Balaban J connectivity index is 1.44. The minimum absolute atomic E-state index is 0.0711. The van der Waals surface area contributed by atoms with E-state index in [-0.39, 0.29) is 17.6 Å². The molecule has 0 heterocycles. The molecule has 27 heavy (non-hydrogen) atoms. The fraction of sp³-hybridized carbons (Fsp3) is 0.409. The largest absolute Gasteiger partial charge is 0.326 e. The Bertz CT molecular complexity index is 683. The van der Waals surface area contributed by atoms with Crippen molar-refractivity contribution in [2.24, 2.45) is 0 Å². The zero-order chi connectivity index (χ0) is 19.3. The van der Waals surface area contributed by atoms with Crippen LogP contribution in [0.25, 0.3) is 0 Å².